The Morgan fingerprint density at radius 1 is 1.03 bits per heavy atom. The Balaban J connectivity index is 1.67. The molecule has 1 fully saturated rings. The van der Waals surface area contributed by atoms with Crippen LogP contribution < -0.4 is 14.8 Å². The zero-order valence-corrected chi connectivity index (χ0v) is 18.8. The van der Waals surface area contributed by atoms with E-state index in [1.54, 1.807) is 0 Å². The number of likely N-dealkylation sites (tertiary alicyclic amines) is 1. The van der Waals surface area contributed by atoms with Crippen LogP contribution in [0.2, 0.25) is 0 Å². The lowest BCUT2D eigenvalue weighted by Crippen LogP contribution is -2.34. The number of hydrogen-bond donors (Lipinski definition) is 1. The Labute approximate surface area is 184 Å². The lowest BCUT2D eigenvalue weighted by Gasteiger charge is -2.29. The molecule has 0 radical (unpaired) electrons. The zero-order chi connectivity index (χ0) is 21.5. The first-order valence-corrected chi connectivity index (χ1v) is 11.0. The summed E-state index contributed by atoms with van der Waals surface area (Å²) in [5.74, 6) is 0.940. The van der Waals surface area contributed by atoms with E-state index in [1.807, 2.05) is 57.2 Å². The van der Waals surface area contributed by atoms with Gasteiger partial charge in [0.2, 0.25) is 0 Å². The number of piperidine rings is 1. The van der Waals surface area contributed by atoms with E-state index in [4.69, 9.17) is 21.7 Å². The van der Waals surface area contributed by atoms with Gasteiger partial charge < -0.3 is 19.7 Å². The van der Waals surface area contributed by atoms with Crippen LogP contribution in [-0.4, -0.2) is 42.1 Å². The SMILES string of the molecule is CCOc1cc(C(=S)N2CCCCC2)ccc1OCC(=O)Nc1c(C)cccc1C. The molecule has 0 aliphatic carbocycles. The van der Waals surface area contributed by atoms with E-state index >= 15 is 0 Å². The second-order valence-corrected chi connectivity index (χ2v) is 7.94. The molecule has 1 amide bonds. The molecule has 0 unspecified atom stereocenters. The maximum absolute atomic E-state index is 12.4. The van der Waals surface area contributed by atoms with Crippen molar-refractivity contribution in [3.05, 3.63) is 53.1 Å². The molecule has 3 rings (SSSR count). The average Bonchev–Trinajstić information content (AvgIpc) is 2.76. The summed E-state index contributed by atoms with van der Waals surface area (Å²) >= 11 is 5.70. The van der Waals surface area contributed by atoms with Gasteiger partial charge in [-0.25, -0.2) is 0 Å². The number of anilines is 1. The average molecular weight is 427 g/mol. The van der Waals surface area contributed by atoms with Gasteiger partial charge in [0.15, 0.2) is 18.1 Å². The molecule has 0 atom stereocenters. The molecule has 1 saturated heterocycles. The molecule has 0 saturated carbocycles. The predicted octanol–water partition coefficient (Wildman–Crippen LogP) is 4.88. The van der Waals surface area contributed by atoms with Crippen molar-refractivity contribution in [1.29, 1.82) is 0 Å². The Morgan fingerprint density at radius 2 is 1.73 bits per heavy atom. The molecule has 1 aliphatic rings. The number of carbonyl (C=O) groups excluding carboxylic acids is 1. The van der Waals surface area contributed by atoms with Crippen LogP contribution in [0.25, 0.3) is 0 Å². The molecule has 6 heteroatoms. The Bertz CT molecular complexity index is 887. The summed E-state index contributed by atoms with van der Waals surface area (Å²) in [6.07, 6.45) is 3.62. The molecule has 2 aromatic rings. The van der Waals surface area contributed by atoms with Crippen LogP contribution in [0.4, 0.5) is 5.69 Å². The monoisotopic (exact) mass is 426 g/mol. The lowest BCUT2D eigenvalue weighted by atomic mass is 10.1. The van der Waals surface area contributed by atoms with E-state index in [9.17, 15) is 4.79 Å². The third-order valence-corrected chi connectivity index (χ3v) is 5.73. The zero-order valence-electron chi connectivity index (χ0n) is 18.0. The highest BCUT2D eigenvalue weighted by atomic mass is 32.1. The highest BCUT2D eigenvalue weighted by molar-refractivity contribution is 7.80. The molecule has 30 heavy (non-hydrogen) atoms. The van der Waals surface area contributed by atoms with Gasteiger partial charge in [-0.3, -0.25) is 4.79 Å². The van der Waals surface area contributed by atoms with E-state index in [-0.39, 0.29) is 12.5 Å². The molecule has 0 bridgehead atoms. The van der Waals surface area contributed by atoms with Gasteiger partial charge in [0, 0.05) is 24.3 Å². The van der Waals surface area contributed by atoms with Crippen LogP contribution in [0.3, 0.4) is 0 Å². The van der Waals surface area contributed by atoms with E-state index in [2.05, 4.69) is 10.2 Å². The summed E-state index contributed by atoms with van der Waals surface area (Å²) < 4.78 is 11.6. The predicted molar refractivity (Wildman–Crippen MR) is 125 cm³/mol. The fourth-order valence-corrected chi connectivity index (χ4v) is 3.95. The minimum Gasteiger partial charge on any atom is -0.490 e. The summed E-state index contributed by atoms with van der Waals surface area (Å²) in [5.41, 5.74) is 3.82. The Morgan fingerprint density at radius 3 is 2.40 bits per heavy atom. The second-order valence-electron chi connectivity index (χ2n) is 7.55. The van der Waals surface area contributed by atoms with Crippen LogP contribution in [0.5, 0.6) is 11.5 Å². The molecular weight excluding hydrogens is 396 g/mol. The van der Waals surface area contributed by atoms with Gasteiger partial charge >= 0.3 is 0 Å². The lowest BCUT2D eigenvalue weighted by molar-refractivity contribution is -0.118. The summed E-state index contributed by atoms with van der Waals surface area (Å²) in [5, 5.41) is 2.94. The van der Waals surface area contributed by atoms with Gasteiger partial charge in [-0.05, 0) is 69.4 Å². The van der Waals surface area contributed by atoms with Crippen molar-refractivity contribution < 1.29 is 14.3 Å². The van der Waals surface area contributed by atoms with Crippen molar-refractivity contribution in [3.63, 3.8) is 0 Å². The number of aryl methyl sites for hydroxylation is 2. The minimum absolute atomic E-state index is 0.0935. The first kappa shape index (κ1) is 22.1. The number of amides is 1. The third-order valence-electron chi connectivity index (χ3n) is 5.24. The van der Waals surface area contributed by atoms with Crippen molar-refractivity contribution in [3.8, 4) is 11.5 Å². The number of thiocarbonyl (C=S) groups is 1. The van der Waals surface area contributed by atoms with E-state index < -0.39 is 0 Å². The molecule has 2 aromatic carbocycles. The van der Waals surface area contributed by atoms with E-state index in [1.165, 1.54) is 19.3 Å². The van der Waals surface area contributed by atoms with Crippen LogP contribution in [0.1, 0.15) is 42.9 Å². The van der Waals surface area contributed by atoms with Crippen LogP contribution in [0.15, 0.2) is 36.4 Å². The van der Waals surface area contributed by atoms with Crippen molar-refractivity contribution in [2.75, 3.05) is 31.6 Å². The maximum Gasteiger partial charge on any atom is 0.262 e. The first-order valence-electron chi connectivity index (χ1n) is 10.5. The van der Waals surface area contributed by atoms with Gasteiger partial charge in [0.1, 0.15) is 4.99 Å². The van der Waals surface area contributed by atoms with Gasteiger partial charge in [0.05, 0.1) is 6.61 Å². The highest BCUT2D eigenvalue weighted by Crippen LogP contribution is 2.30. The van der Waals surface area contributed by atoms with Gasteiger partial charge in [-0.1, -0.05) is 30.4 Å². The molecule has 1 heterocycles. The maximum atomic E-state index is 12.4. The van der Waals surface area contributed by atoms with E-state index in [0.29, 0.717) is 18.1 Å². The summed E-state index contributed by atoms with van der Waals surface area (Å²) in [4.78, 5) is 15.5. The van der Waals surface area contributed by atoms with Crippen molar-refractivity contribution in [2.24, 2.45) is 0 Å². The Hall–Kier alpha value is -2.60. The smallest absolute Gasteiger partial charge is 0.262 e. The molecular formula is C24H30N2O3S. The number of ether oxygens (including phenoxy) is 2. The molecule has 0 spiro atoms. The highest BCUT2D eigenvalue weighted by Gasteiger charge is 2.17. The number of benzene rings is 2. The number of rotatable bonds is 7. The fraction of sp³-hybridized carbons (Fsp3) is 0.417. The second kappa shape index (κ2) is 10.4. The van der Waals surface area contributed by atoms with Crippen molar-refractivity contribution in [1.82, 2.24) is 4.90 Å². The van der Waals surface area contributed by atoms with E-state index in [0.717, 1.165) is 40.5 Å². The number of nitrogens with zero attached hydrogens (tertiary/aromatic N) is 1. The number of nitrogens with one attached hydrogen (secondary N) is 1. The van der Waals surface area contributed by atoms with Crippen molar-refractivity contribution >= 4 is 28.8 Å². The molecule has 0 aromatic heterocycles. The summed E-state index contributed by atoms with van der Waals surface area (Å²) in [6, 6.07) is 11.6. The number of para-hydroxylation sites is 1. The van der Waals surface area contributed by atoms with Gasteiger partial charge in [-0.2, -0.15) is 0 Å². The van der Waals surface area contributed by atoms with Gasteiger partial charge in [0.25, 0.3) is 5.91 Å². The normalized spacial score (nSPS) is 13.6. The minimum atomic E-state index is -0.206. The third kappa shape index (κ3) is 5.51. The van der Waals surface area contributed by atoms with Crippen LogP contribution in [-0.2, 0) is 4.79 Å². The Kier molecular flexibility index (Phi) is 7.69. The molecule has 1 N–H and O–H groups in total. The summed E-state index contributed by atoms with van der Waals surface area (Å²) in [7, 11) is 0. The molecule has 5 nitrogen and oxygen atoms in total. The van der Waals surface area contributed by atoms with Crippen LogP contribution in [0, 0.1) is 13.8 Å². The number of hydrogen-bond acceptors (Lipinski definition) is 4. The molecule has 160 valence electrons. The first-order chi connectivity index (χ1) is 14.5. The fourth-order valence-electron chi connectivity index (χ4n) is 3.64. The van der Waals surface area contributed by atoms with Crippen LogP contribution >= 0.6 is 12.2 Å². The standard InChI is InChI=1S/C24H30N2O3S/c1-4-28-21-15-19(24(30)26-13-6-5-7-14-26)11-12-20(21)29-16-22(27)25-23-17(2)9-8-10-18(23)3/h8-12,15H,4-7,13-14,16H2,1-3H3,(H,25,27). The van der Waals surface area contributed by atoms with Gasteiger partial charge in [-0.15, -0.1) is 0 Å². The quantitative estimate of drug-likeness (QED) is 0.640. The largest absolute Gasteiger partial charge is 0.490 e. The molecule has 1 aliphatic heterocycles. The van der Waals surface area contributed by atoms with Crippen molar-refractivity contribution in [2.45, 2.75) is 40.0 Å². The number of carbonyl (C=O) groups is 1. The summed E-state index contributed by atoms with van der Waals surface area (Å²) in [6.45, 7) is 8.28. The topological polar surface area (TPSA) is 50.8 Å².